The van der Waals surface area contributed by atoms with Crippen LogP contribution in [0.4, 0.5) is 5.69 Å². The number of aryl methyl sites for hydroxylation is 2. The average Bonchev–Trinajstić information content (AvgIpc) is 3.12. The van der Waals surface area contributed by atoms with E-state index >= 15 is 0 Å². The quantitative estimate of drug-likeness (QED) is 0.900. The first-order valence-corrected chi connectivity index (χ1v) is 7.08. The van der Waals surface area contributed by atoms with Gasteiger partial charge >= 0.3 is 0 Å². The zero-order chi connectivity index (χ0) is 14.1. The number of H-pyrrole nitrogens is 1. The van der Waals surface area contributed by atoms with Gasteiger partial charge in [-0.05, 0) is 38.8 Å². The molecule has 0 aliphatic heterocycles. The molecule has 2 heterocycles. The average molecular weight is 273 g/mol. The van der Waals surface area contributed by atoms with Crippen molar-refractivity contribution in [3.8, 4) is 11.5 Å². The highest BCUT2D eigenvalue weighted by Crippen LogP contribution is 2.32. The molecule has 1 saturated carbocycles. The van der Waals surface area contributed by atoms with Gasteiger partial charge in [0.25, 0.3) is 0 Å². The molecule has 0 bridgehead atoms. The molecule has 1 aliphatic rings. The summed E-state index contributed by atoms with van der Waals surface area (Å²) in [6.45, 7) is 3.79. The molecule has 0 radical (unpaired) electrons. The molecule has 0 atom stereocenters. The smallest absolute Gasteiger partial charge is 0.227 e. The van der Waals surface area contributed by atoms with E-state index < -0.39 is 0 Å². The molecule has 3 rings (SSSR count). The minimum absolute atomic E-state index is 0.0940. The van der Waals surface area contributed by atoms with Crippen LogP contribution in [0.5, 0.6) is 0 Å². The number of aromatic nitrogens is 2. The fourth-order valence-corrected chi connectivity index (χ4v) is 2.74. The van der Waals surface area contributed by atoms with Crippen LogP contribution >= 0.6 is 0 Å². The summed E-state index contributed by atoms with van der Waals surface area (Å²) in [4.78, 5) is 12.3. The molecule has 1 amide bonds. The molecule has 1 fully saturated rings. The molecule has 1 aliphatic carbocycles. The second-order valence-corrected chi connectivity index (χ2v) is 5.45. The summed E-state index contributed by atoms with van der Waals surface area (Å²) < 4.78 is 5.60. The first-order valence-electron chi connectivity index (χ1n) is 7.08. The summed E-state index contributed by atoms with van der Waals surface area (Å²) in [7, 11) is 0. The van der Waals surface area contributed by atoms with Gasteiger partial charge in [0.05, 0.1) is 11.4 Å². The van der Waals surface area contributed by atoms with Gasteiger partial charge in [0, 0.05) is 5.92 Å². The van der Waals surface area contributed by atoms with Crippen molar-refractivity contribution >= 4 is 11.6 Å². The topological polar surface area (TPSA) is 70.9 Å². The minimum Gasteiger partial charge on any atom is -0.460 e. The molecule has 0 saturated heterocycles. The van der Waals surface area contributed by atoms with Crippen LogP contribution in [-0.4, -0.2) is 16.1 Å². The fourth-order valence-electron chi connectivity index (χ4n) is 2.74. The van der Waals surface area contributed by atoms with E-state index in [4.69, 9.17) is 4.42 Å². The lowest BCUT2D eigenvalue weighted by Gasteiger charge is -2.10. The number of amides is 1. The van der Waals surface area contributed by atoms with Crippen molar-refractivity contribution in [2.45, 2.75) is 39.5 Å². The zero-order valence-corrected chi connectivity index (χ0v) is 11.8. The largest absolute Gasteiger partial charge is 0.460 e. The van der Waals surface area contributed by atoms with Crippen molar-refractivity contribution in [2.75, 3.05) is 5.32 Å². The molecule has 5 nitrogen and oxygen atoms in total. The van der Waals surface area contributed by atoms with Crippen molar-refractivity contribution in [2.24, 2.45) is 5.92 Å². The van der Waals surface area contributed by atoms with Gasteiger partial charge in [-0.1, -0.05) is 12.8 Å². The van der Waals surface area contributed by atoms with Crippen LogP contribution < -0.4 is 5.32 Å². The van der Waals surface area contributed by atoms with Gasteiger partial charge in [0.15, 0.2) is 11.5 Å². The van der Waals surface area contributed by atoms with E-state index in [0.29, 0.717) is 11.5 Å². The van der Waals surface area contributed by atoms with Gasteiger partial charge in [-0.25, -0.2) is 0 Å². The first kappa shape index (κ1) is 13.0. The molecular weight excluding hydrogens is 254 g/mol. The van der Waals surface area contributed by atoms with Gasteiger partial charge in [0.1, 0.15) is 5.76 Å². The second-order valence-electron chi connectivity index (χ2n) is 5.45. The minimum atomic E-state index is 0.0940. The molecule has 0 spiro atoms. The first-order chi connectivity index (χ1) is 9.65. The summed E-state index contributed by atoms with van der Waals surface area (Å²) in [5.74, 6) is 1.73. The van der Waals surface area contributed by atoms with E-state index in [0.717, 1.165) is 42.8 Å². The SMILES string of the molecule is Cc1ccc(-c2n[nH]c(C)c2NC(=O)C2CCCC2)o1. The number of carbonyl (C=O) groups is 1. The number of anilines is 1. The Hall–Kier alpha value is -2.04. The van der Waals surface area contributed by atoms with Crippen LogP contribution in [-0.2, 0) is 4.79 Å². The third-order valence-electron chi connectivity index (χ3n) is 3.90. The van der Waals surface area contributed by atoms with E-state index in [-0.39, 0.29) is 11.8 Å². The Morgan fingerprint density at radius 1 is 1.35 bits per heavy atom. The standard InChI is InChI=1S/C15H19N3O2/c1-9-7-8-12(20-9)14-13(10(2)17-18-14)16-15(19)11-5-3-4-6-11/h7-8,11H,3-6H2,1-2H3,(H,16,19)(H,17,18). The summed E-state index contributed by atoms with van der Waals surface area (Å²) in [5, 5.41) is 10.2. The van der Waals surface area contributed by atoms with Crippen LogP contribution in [0.15, 0.2) is 16.5 Å². The van der Waals surface area contributed by atoms with Gasteiger partial charge in [-0.15, -0.1) is 0 Å². The normalized spacial score (nSPS) is 15.7. The monoisotopic (exact) mass is 273 g/mol. The van der Waals surface area contributed by atoms with Gasteiger partial charge in [0.2, 0.25) is 5.91 Å². The molecule has 0 unspecified atom stereocenters. The Kier molecular flexibility index (Phi) is 3.34. The van der Waals surface area contributed by atoms with Crippen LogP contribution in [0.3, 0.4) is 0 Å². The van der Waals surface area contributed by atoms with E-state index in [9.17, 15) is 4.79 Å². The number of carbonyl (C=O) groups excluding carboxylic acids is 1. The van der Waals surface area contributed by atoms with Gasteiger partial charge in [-0.3, -0.25) is 9.89 Å². The third-order valence-corrected chi connectivity index (χ3v) is 3.90. The van der Waals surface area contributed by atoms with Gasteiger partial charge < -0.3 is 9.73 Å². The Morgan fingerprint density at radius 2 is 2.10 bits per heavy atom. The molecule has 20 heavy (non-hydrogen) atoms. The predicted octanol–water partition coefficient (Wildman–Crippen LogP) is 3.42. The van der Waals surface area contributed by atoms with Crippen LogP contribution in [0.2, 0.25) is 0 Å². The summed E-state index contributed by atoms with van der Waals surface area (Å²) in [6.07, 6.45) is 4.26. The molecule has 2 aromatic heterocycles. The number of furan rings is 1. The maximum absolute atomic E-state index is 12.3. The van der Waals surface area contributed by atoms with Crippen molar-refractivity contribution in [3.05, 3.63) is 23.6 Å². The Morgan fingerprint density at radius 3 is 2.75 bits per heavy atom. The highest BCUT2D eigenvalue weighted by Gasteiger charge is 2.25. The van der Waals surface area contributed by atoms with Crippen LogP contribution in [0.1, 0.15) is 37.1 Å². The van der Waals surface area contributed by atoms with Gasteiger partial charge in [-0.2, -0.15) is 5.10 Å². The second kappa shape index (κ2) is 5.15. The number of nitrogens with zero attached hydrogens (tertiary/aromatic N) is 1. The van der Waals surface area contributed by atoms with Crippen molar-refractivity contribution in [1.29, 1.82) is 0 Å². The summed E-state index contributed by atoms with van der Waals surface area (Å²) >= 11 is 0. The predicted molar refractivity (Wildman–Crippen MR) is 76.4 cm³/mol. The Labute approximate surface area is 117 Å². The van der Waals surface area contributed by atoms with Crippen LogP contribution in [0, 0.1) is 19.8 Å². The van der Waals surface area contributed by atoms with E-state index in [1.807, 2.05) is 26.0 Å². The van der Waals surface area contributed by atoms with E-state index in [1.54, 1.807) is 0 Å². The molecule has 2 aromatic rings. The highest BCUT2D eigenvalue weighted by molar-refractivity contribution is 5.96. The lowest BCUT2D eigenvalue weighted by molar-refractivity contribution is -0.119. The van der Waals surface area contributed by atoms with E-state index in [1.165, 1.54) is 0 Å². The Bertz CT molecular complexity index is 621. The van der Waals surface area contributed by atoms with Crippen molar-refractivity contribution < 1.29 is 9.21 Å². The lowest BCUT2D eigenvalue weighted by atomic mass is 10.1. The molecule has 2 N–H and O–H groups in total. The summed E-state index contributed by atoms with van der Waals surface area (Å²) in [6, 6.07) is 3.76. The number of hydrogen-bond acceptors (Lipinski definition) is 3. The number of rotatable bonds is 3. The summed E-state index contributed by atoms with van der Waals surface area (Å²) in [5.41, 5.74) is 2.25. The maximum atomic E-state index is 12.3. The molecule has 5 heteroatoms. The van der Waals surface area contributed by atoms with Crippen molar-refractivity contribution in [1.82, 2.24) is 10.2 Å². The molecule has 0 aromatic carbocycles. The number of nitrogens with one attached hydrogen (secondary N) is 2. The molecular formula is C15H19N3O2. The third kappa shape index (κ3) is 2.35. The molecule has 106 valence electrons. The van der Waals surface area contributed by atoms with Crippen LogP contribution in [0.25, 0.3) is 11.5 Å². The lowest BCUT2D eigenvalue weighted by Crippen LogP contribution is -2.20. The fraction of sp³-hybridized carbons (Fsp3) is 0.467. The number of hydrogen-bond donors (Lipinski definition) is 2. The highest BCUT2D eigenvalue weighted by atomic mass is 16.3. The zero-order valence-electron chi connectivity index (χ0n) is 11.8. The maximum Gasteiger partial charge on any atom is 0.227 e. The van der Waals surface area contributed by atoms with Crippen molar-refractivity contribution in [3.63, 3.8) is 0 Å². The Balaban J connectivity index is 1.85. The van der Waals surface area contributed by atoms with E-state index in [2.05, 4.69) is 15.5 Å². The number of aromatic amines is 1.